The summed E-state index contributed by atoms with van der Waals surface area (Å²) in [7, 11) is 0. The molecule has 0 saturated heterocycles. The van der Waals surface area contributed by atoms with E-state index in [9.17, 15) is 0 Å². The third-order valence-corrected chi connectivity index (χ3v) is 4.39. The first-order valence-corrected chi connectivity index (χ1v) is 8.00. The van der Waals surface area contributed by atoms with Crippen molar-refractivity contribution in [2.75, 3.05) is 0 Å². The third kappa shape index (κ3) is 2.96. The molecule has 0 aliphatic carbocycles. The summed E-state index contributed by atoms with van der Waals surface area (Å²) >= 11 is 0. The van der Waals surface area contributed by atoms with E-state index in [0.717, 1.165) is 0 Å². The fourth-order valence-corrected chi connectivity index (χ4v) is 3.37. The summed E-state index contributed by atoms with van der Waals surface area (Å²) in [6.07, 6.45) is 6.90. The van der Waals surface area contributed by atoms with Crippen LogP contribution in [-0.2, 0) is 5.54 Å². The van der Waals surface area contributed by atoms with Gasteiger partial charge in [-0.05, 0) is 16.7 Å². The Morgan fingerprint density at radius 3 is 1.36 bits per heavy atom. The van der Waals surface area contributed by atoms with Crippen LogP contribution in [0, 0.1) is 6.33 Å². The van der Waals surface area contributed by atoms with Gasteiger partial charge in [-0.1, -0.05) is 91.0 Å². The van der Waals surface area contributed by atoms with E-state index in [-0.39, 0.29) is 18.9 Å². The first-order valence-electron chi connectivity index (χ1n) is 8.00. The average molecular weight is 316 g/mol. The molecule has 25 heavy (non-hydrogen) atoms. The monoisotopic (exact) mass is 316 g/mol. The molecule has 4 rings (SSSR count). The van der Waals surface area contributed by atoms with Crippen molar-refractivity contribution < 1.29 is 18.9 Å². The van der Waals surface area contributed by atoms with Gasteiger partial charge in [0.2, 0.25) is 0 Å². The first-order chi connectivity index (χ1) is 11.9. The van der Waals surface area contributed by atoms with Crippen LogP contribution >= 0.6 is 0 Å². The van der Waals surface area contributed by atoms with E-state index in [1.54, 1.807) is 6.20 Å². The Morgan fingerprint density at radius 1 is 0.640 bits per heavy atom. The predicted octanol–water partition coefficient (Wildman–Crippen LogP) is 1.53. The molecule has 0 saturated carbocycles. The van der Waals surface area contributed by atoms with Crippen molar-refractivity contribution in [3.63, 3.8) is 0 Å². The predicted molar refractivity (Wildman–Crippen MR) is 95.7 cm³/mol. The summed E-state index contributed by atoms with van der Waals surface area (Å²) < 4.78 is 2.06. The SMILES string of the molecule is [Li+].[c-]1nccn1C(c1ccccc1)(c1ccccc1)c1ccccc1. The number of rotatable bonds is 4. The molecule has 3 aromatic carbocycles. The van der Waals surface area contributed by atoms with Crippen LogP contribution in [0.3, 0.4) is 0 Å². The van der Waals surface area contributed by atoms with Gasteiger partial charge in [-0.25, -0.2) is 0 Å². The minimum absolute atomic E-state index is 0. The van der Waals surface area contributed by atoms with Crippen LogP contribution in [-0.4, -0.2) is 9.55 Å². The molecule has 4 aromatic rings. The fourth-order valence-electron chi connectivity index (χ4n) is 3.37. The largest absolute Gasteiger partial charge is 1.00 e. The van der Waals surface area contributed by atoms with Gasteiger partial charge in [-0.15, -0.1) is 12.4 Å². The van der Waals surface area contributed by atoms with E-state index < -0.39 is 5.54 Å². The van der Waals surface area contributed by atoms with E-state index in [0.29, 0.717) is 0 Å². The topological polar surface area (TPSA) is 17.8 Å². The van der Waals surface area contributed by atoms with Crippen molar-refractivity contribution in [3.05, 3.63) is 126 Å². The van der Waals surface area contributed by atoms with E-state index in [4.69, 9.17) is 0 Å². The van der Waals surface area contributed by atoms with Gasteiger partial charge in [0.1, 0.15) is 0 Å². The van der Waals surface area contributed by atoms with Gasteiger partial charge in [0.15, 0.2) is 0 Å². The van der Waals surface area contributed by atoms with Crippen molar-refractivity contribution >= 4 is 0 Å². The van der Waals surface area contributed by atoms with Crippen LogP contribution in [0.2, 0.25) is 0 Å². The van der Waals surface area contributed by atoms with Gasteiger partial charge in [-0.3, -0.25) is 0 Å². The molecule has 0 spiro atoms. The Morgan fingerprint density at radius 2 is 1.04 bits per heavy atom. The molecule has 0 radical (unpaired) electrons. The fraction of sp³-hybridized carbons (Fsp3) is 0.0455. The zero-order valence-electron chi connectivity index (χ0n) is 14.2. The Balaban J connectivity index is 0.00000182. The number of benzene rings is 3. The molecule has 116 valence electrons. The minimum atomic E-state index is -0.500. The Hall–Kier alpha value is -2.53. The maximum Gasteiger partial charge on any atom is 1.00 e. The number of hydrogen-bond donors (Lipinski definition) is 0. The zero-order valence-corrected chi connectivity index (χ0v) is 14.2. The maximum atomic E-state index is 4.20. The molecular formula is C22H17LiN2. The normalized spacial score (nSPS) is 10.9. The van der Waals surface area contributed by atoms with Crippen molar-refractivity contribution in [2.45, 2.75) is 5.54 Å². The second-order valence-electron chi connectivity index (χ2n) is 5.71. The van der Waals surface area contributed by atoms with Gasteiger partial charge in [-0.2, -0.15) is 0 Å². The van der Waals surface area contributed by atoms with Crippen LogP contribution in [0.1, 0.15) is 16.7 Å². The molecule has 3 heteroatoms. The molecule has 0 aliphatic heterocycles. The summed E-state index contributed by atoms with van der Waals surface area (Å²) in [6.45, 7) is 0. The summed E-state index contributed by atoms with van der Waals surface area (Å²) in [5, 5.41) is 0. The molecule has 0 atom stereocenters. The van der Waals surface area contributed by atoms with Gasteiger partial charge >= 0.3 is 18.9 Å². The number of aromatic nitrogens is 2. The number of nitrogens with zero attached hydrogens (tertiary/aromatic N) is 2. The Bertz CT molecular complexity index is 792. The van der Waals surface area contributed by atoms with E-state index >= 15 is 0 Å². The van der Waals surface area contributed by atoms with Gasteiger partial charge in [0.25, 0.3) is 0 Å². The Labute approximate surface area is 160 Å². The van der Waals surface area contributed by atoms with E-state index in [1.807, 2.05) is 24.4 Å². The molecule has 1 aromatic heterocycles. The summed E-state index contributed by atoms with van der Waals surface area (Å²) in [5.74, 6) is 0. The van der Waals surface area contributed by atoms with Crippen LogP contribution in [0.4, 0.5) is 0 Å². The molecule has 0 unspecified atom stereocenters. The van der Waals surface area contributed by atoms with Gasteiger partial charge in [0.05, 0.1) is 5.54 Å². The summed E-state index contributed by atoms with van der Waals surface area (Å²) in [4.78, 5) is 4.20. The van der Waals surface area contributed by atoms with Crippen LogP contribution in [0.15, 0.2) is 103 Å². The molecule has 2 nitrogen and oxygen atoms in total. The van der Waals surface area contributed by atoms with Gasteiger partial charge < -0.3 is 9.55 Å². The van der Waals surface area contributed by atoms with E-state index in [1.165, 1.54) is 16.7 Å². The molecule has 1 heterocycles. The second-order valence-corrected chi connectivity index (χ2v) is 5.71. The molecule has 0 N–H and O–H groups in total. The van der Waals surface area contributed by atoms with Crippen LogP contribution < -0.4 is 18.9 Å². The maximum absolute atomic E-state index is 4.20. The van der Waals surface area contributed by atoms with Crippen molar-refractivity contribution in [1.82, 2.24) is 9.55 Å². The number of hydrogen-bond acceptors (Lipinski definition) is 1. The summed E-state index contributed by atoms with van der Waals surface area (Å²) in [5.41, 5.74) is 3.03. The van der Waals surface area contributed by atoms with Gasteiger partial charge in [0, 0.05) is 6.33 Å². The minimum Gasteiger partial charge on any atom is -0.438 e. The smallest absolute Gasteiger partial charge is 0.438 e. The molecule has 0 aliphatic rings. The van der Waals surface area contributed by atoms with Crippen molar-refractivity contribution in [3.8, 4) is 0 Å². The molecule has 0 fully saturated rings. The quantitative estimate of drug-likeness (QED) is 0.317. The average Bonchev–Trinajstić information content (AvgIpc) is 3.20. The standard InChI is InChI=1S/C22H17N2.Li/c1-4-10-19(11-5-1)22(24-17-16-23-18-24,20-12-6-2-7-13-20)21-14-8-3-9-15-21;/h1-17H;/q-1;+1. The summed E-state index contributed by atoms with van der Waals surface area (Å²) in [6, 6.07) is 31.6. The molecule has 0 amide bonds. The molecule has 0 bridgehead atoms. The molecular weight excluding hydrogens is 299 g/mol. The van der Waals surface area contributed by atoms with Crippen LogP contribution in [0.5, 0.6) is 0 Å². The van der Waals surface area contributed by atoms with Crippen molar-refractivity contribution in [1.29, 1.82) is 0 Å². The van der Waals surface area contributed by atoms with Crippen molar-refractivity contribution in [2.24, 2.45) is 0 Å². The van der Waals surface area contributed by atoms with E-state index in [2.05, 4.69) is 88.7 Å². The zero-order chi connectivity index (χ0) is 16.2. The Kier molecular flexibility index (Phi) is 5.24. The third-order valence-electron chi connectivity index (χ3n) is 4.39. The number of imidazole rings is 1. The first kappa shape index (κ1) is 17.3. The second kappa shape index (κ2) is 7.57. The van der Waals surface area contributed by atoms with Crippen LogP contribution in [0.25, 0.3) is 0 Å².